The van der Waals surface area contributed by atoms with E-state index in [2.05, 4.69) is 43.4 Å². The van der Waals surface area contributed by atoms with Crippen LogP contribution >= 0.6 is 27.5 Å². The van der Waals surface area contributed by atoms with Crippen molar-refractivity contribution in [2.75, 3.05) is 53.4 Å². The number of hydrogen-bond acceptors (Lipinski definition) is 6. The smallest absolute Gasteiger partial charge is 0.326 e. The Hall–Kier alpha value is -3.03. The summed E-state index contributed by atoms with van der Waals surface area (Å²) in [6.45, 7) is 3.93. The van der Waals surface area contributed by atoms with Gasteiger partial charge < -0.3 is 14.5 Å². The van der Waals surface area contributed by atoms with Gasteiger partial charge >= 0.3 is 16.2 Å². The van der Waals surface area contributed by atoms with Crippen molar-refractivity contribution in [3.8, 4) is 5.75 Å². The van der Waals surface area contributed by atoms with Crippen LogP contribution in [0.3, 0.4) is 0 Å². The van der Waals surface area contributed by atoms with Crippen LogP contribution in [-0.2, 0) is 27.8 Å². The van der Waals surface area contributed by atoms with Crippen molar-refractivity contribution in [2.45, 2.75) is 38.1 Å². The molecule has 47 heavy (non-hydrogen) atoms. The maximum Gasteiger partial charge on any atom is 0.326 e. The van der Waals surface area contributed by atoms with Gasteiger partial charge in [-0.25, -0.2) is 0 Å². The molecule has 250 valence electrons. The van der Waals surface area contributed by atoms with Gasteiger partial charge in [-0.1, -0.05) is 40.3 Å². The summed E-state index contributed by atoms with van der Waals surface area (Å²) in [6, 6.07) is 17.5. The molecule has 3 heterocycles. The molecular formula is C34H40BrClN6O4S. The third-order valence-electron chi connectivity index (χ3n) is 9.28. The summed E-state index contributed by atoms with van der Waals surface area (Å²) in [7, 11) is -1.00. The first-order valence-electron chi connectivity index (χ1n) is 16.0. The number of amidine groups is 1. The number of fused-ring (bicyclic) bond motifs is 2. The molecule has 2 saturated heterocycles. The Balaban J connectivity index is 1.08. The number of nitrogens with zero attached hydrogens (tertiary/aromatic N) is 6. The van der Waals surface area contributed by atoms with Gasteiger partial charge in [-0.3, -0.25) is 14.7 Å². The summed E-state index contributed by atoms with van der Waals surface area (Å²) < 4.78 is 37.2. The summed E-state index contributed by atoms with van der Waals surface area (Å²) in [6.07, 6.45) is 5.64. The van der Waals surface area contributed by atoms with E-state index in [-0.39, 0.29) is 23.9 Å². The van der Waals surface area contributed by atoms with Crippen molar-refractivity contribution < 1.29 is 17.9 Å². The van der Waals surface area contributed by atoms with E-state index < -0.39 is 10.2 Å². The van der Waals surface area contributed by atoms with Crippen molar-refractivity contribution in [2.24, 2.45) is 10.3 Å². The second-order valence-corrected chi connectivity index (χ2v) is 15.7. The fraction of sp³-hybridized carbons (Fsp3) is 0.441. The molecule has 6 rings (SSSR count). The van der Waals surface area contributed by atoms with Gasteiger partial charge in [-0.15, -0.1) is 0 Å². The molecule has 13 heteroatoms. The van der Waals surface area contributed by atoms with Crippen LogP contribution in [0.5, 0.6) is 5.75 Å². The lowest BCUT2D eigenvalue weighted by atomic mass is 9.93. The molecule has 0 bridgehead atoms. The van der Waals surface area contributed by atoms with Crippen molar-refractivity contribution in [1.82, 2.24) is 24.0 Å². The zero-order chi connectivity index (χ0) is 33.1. The van der Waals surface area contributed by atoms with E-state index in [4.69, 9.17) is 21.3 Å². The number of halogens is 2. The highest BCUT2D eigenvalue weighted by molar-refractivity contribution is 9.10. The summed E-state index contributed by atoms with van der Waals surface area (Å²) in [5.41, 5.74) is 4.82. The summed E-state index contributed by atoms with van der Waals surface area (Å²) in [5.74, 6) is 0.886. The largest absolute Gasteiger partial charge is 0.425 e. The van der Waals surface area contributed by atoms with Gasteiger partial charge in [-0.05, 0) is 94.6 Å². The zero-order valence-corrected chi connectivity index (χ0v) is 29.8. The van der Waals surface area contributed by atoms with Gasteiger partial charge in [0.05, 0.1) is 11.7 Å². The number of pyridine rings is 1. The van der Waals surface area contributed by atoms with E-state index in [1.807, 2.05) is 40.3 Å². The Labute approximate surface area is 290 Å². The number of hydrogen-bond donors (Lipinski definition) is 0. The van der Waals surface area contributed by atoms with Gasteiger partial charge in [-0.2, -0.15) is 12.7 Å². The lowest BCUT2D eigenvalue weighted by Crippen LogP contribution is -2.50. The average molecular weight is 744 g/mol. The molecular weight excluding hydrogens is 704 g/mol. The van der Waals surface area contributed by atoms with Crippen molar-refractivity contribution in [3.63, 3.8) is 0 Å². The minimum atomic E-state index is -3.89. The highest BCUT2D eigenvalue weighted by Gasteiger charge is 2.34. The van der Waals surface area contributed by atoms with Crippen LogP contribution in [0, 0.1) is 5.92 Å². The summed E-state index contributed by atoms with van der Waals surface area (Å²) in [5, 5.41) is 0.745. The van der Waals surface area contributed by atoms with Crippen LogP contribution in [0.4, 0.5) is 0 Å². The Morgan fingerprint density at radius 1 is 0.979 bits per heavy atom. The van der Waals surface area contributed by atoms with E-state index in [1.165, 1.54) is 30.8 Å². The highest BCUT2D eigenvalue weighted by Crippen LogP contribution is 2.38. The lowest BCUT2D eigenvalue weighted by molar-refractivity contribution is -0.134. The van der Waals surface area contributed by atoms with Crippen LogP contribution in [0.15, 0.2) is 69.7 Å². The van der Waals surface area contributed by atoms with Crippen molar-refractivity contribution in [3.05, 3.63) is 92.7 Å². The van der Waals surface area contributed by atoms with Crippen molar-refractivity contribution >= 4 is 49.7 Å². The Morgan fingerprint density at radius 3 is 2.38 bits per heavy atom. The van der Waals surface area contributed by atoms with Gasteiger partial charge in [0.2, 0.25) is 5.91 Å². The molecule has 1 aliphatic carbocycles. The third-order valence-corrected chi connectivity index (χ3v) is 11.3. The molecule has 1 aromatic heterocycles. The van der Waals surface area contributed by atoms with Crippen molar-refractivity contribution in [1.29, 1.82) is 0 Å². The predicted octanol–water partition coefficient (Wildman–Crippen LogP) is 5.17. The maximum atomic E-state index is 13.5. The van der Waals surface area contributed by atoms with E-state index >= 15 is 0 Å². The van der Waals surface area contributed by atoms with Crippen LogP contribution in [0.1, 0.15) is 47.7 Å². The Bertz CT molecular complexity index is 1670. The van der Waals surface area contributed by atoms with Gasteiger partial charge in [0, 0.05) is 75.5 Å². The minimum Gasteiger partial charge on any atom is -0.425 e. The van der Waals surface area contributed by atoms with Gasteiger partial charge in [0.25, 0.3) is 0 Å². The number of piperidine rings is 1. The van der Waals surface area contributed by atoms with E-state index in [0.717, 1.165) is 58.3 Å². The molecule has 3 aliphatic rings. The minimum absolute atomic E-state index is 0.0136. The molecule has 0 saturated carbocycles. The van der Waals surface area contributed by atoms with E-state index in [1.54, 1.807) is 12.1 Å². The first-order valence-corrected chi connectivity index (χ1v) is 18.6. The highest BCUT2D eigenvalue weighted by atomic mass is 79.9. The van der Waals surface area contributed by atoms with Crippen LogP contribution in [0.2, 0.25) is 5.02 Å². The van der Waals surface area contributed by atoms with Crippen LogP contribution in [0.25, 0.3) is 0 Å². The number of piperazine rings is 1. The molecule has 0 spiro atoms. The third kappa shape index (κ3) is 8.00. The number of para-hydroxylation sites is 1. The number of rotatable bonds is 6. The number of ether oxygens (including phenoxy) is 1. The average Bonchev–Trinajstić information content (AvgIpc) is 3.21. The molecule has 10 nitrogen and oxygen atoms in total. The number of aromatic nitrogens is 1. The predicted molar refractivity (Wildman–Crippen MR) is 187 cm³/mol. The number of likely N-dealkylation sites (tertiary alicyclic amines) is 1. The first-order chi connectivity index (χ1) is 22.6. The van der Waals surface area contributed by atoms with Crippen LogP contribution < -0.4 is 4.74 Å². The number of carbonyl (C=O) groups excluding carboxylic acids is 1. The zero-order valence-electron chi connectivity index (χ0n) is 26.7. The molecule has 3 aromatic rings. The molecule has 0 radical (unpaired) electrons. The van der Waals surface area contributed by atoms with Gasteiger partial charge in [0.1, 0.15) is 5.75 Å². The molecule has 2 aliphatic heterocycles. The second-order valence-electron chi connectivity index (χ2n) is 12.5. The number of benzene rings is 2. The molecule has 1 unspecified atom stereocenters. The number of carbonyl (C=O) groups is 1. The fourth-order valence-corrected chi connectivity index (χ4v) is 7.72. The molecule has 2 aromatic carbocycles. The quantitative estimate of drug-likeness (QED) is 0.254. The monoisotopic (exact) mass is 742 g/mol. The molecule has 1 amide bonds. The Kier molecular flexibility index (Phi) is 10.5. The van der Waals surface area contributed by atoms with Gasteiger partial charge in [0.15, 0.2) is 0 Å². The lowest BCUT2D eigenvalue weighted by Gasteiger charge is -2.40. The Morgan fingerprint density at radius 2 is 1.68 bits per heavy atom. The summed E-state index contributed by atoms with van der Waals surface area (Å²) in [4.78, 5) is 24.7. The maximum absolute atomic E-state index is 13.5. The number of aryl methyl sites for hydroxylation is 2. The number of amides is 1. The SMILES string of the molecule is CN(C)S(=O)(=O)/N=C(\Oc1ccccc1)N1CCC(CC(=O)N2CCN(C3c4ccc(Cl)cc4CCc4cc(Br)cnc43)CC2)CC1. The normalized spacial score (nSPS) is 19.7. The van der Waals surface area contributed by atoms with Crippen LogP contribution in [-0.4, -0.2) is 97.7 Å². The molecule has 2 fully saturated rings. The topological polar surface area (TPSA) is 98.6 Å². The van der Waals surface area contributed by atoms with E-state index in [0.29, 0.717) is 38.3 Å². The summed E-state index contributed by atoms with van der Waals surface area (Å²) >= 11 is 10.0. The second kappa shape index (κ2) is 14.6. The molecule has 0 N–H and O–H groups in total. The standard InChI is InChI=1S/C34H40BrClN6O4S/c1-39(2)47(44,45)38-34(46-29-6-4-3-5-7-29)42-14-12-24(13-15-42)20-31(43)40-16-18-41(19-17-40)33-30-11-10-28(36)22-25(30)8-9-26-21-27(35)23-37-32(26)33/h3-7,10-11,21-24,33H,8-9,12-20H2,1-2H3/b38-34-. The molecule has 1 atom stereocenters. The fourth-order valence-electron chi connectivity index (χ4n) is 6.63. The first kappa shape index (κ1) is 33.9. The van der Waals surface area contributed by atoms with E-state index in [9.17, 15) is 13.2 Å².